The maximum absolute atomic E-state index is 14.0. The van der Waals surface area contributed by atoms with E-state index in [1.165, 1.54) is 36.4 Å². The molecular weight excluding hydrogens is 1450 g/mol. The second kappa shape index (κ2) is 34.2. The standard InChI is InChI=1S/C28H28F2N6O3.C28H27F2N5O4.C17H17F2NO.C11H13NO/c29-17-13-16(14-18(30)15-17)20-5-6-23(25-21(24(20)31)3-1-9-32-25)39-28(38)35-11-7-19(8-12-35)36-22-4-2-10-33-26(22)34-27(36)37;29-17-13-16(14-18(30)15-17)20-5-6-23(24-21(25(20)36)3-1-9-31-24)39-28(38)34-11-7-19(8-12-34)35-22-4-2-10-32-26(22)33-27(35)37;1-10-4-5-14(11-7-12(18)9-13(19)8-11)17(21)15-3-2-6-20-16(10)15;1-8-4-2-6-10(13)9-5-3-7-12-11(8)9/h1-4,9-10,13-15,19-20,23-24H,5-8,11-12,31H2,(H,33,34,37);1-4,9-10,13-15,19-20,23,25,36H,5-8,11-12H2,(H,32,33,37);2-3,6-10,14,17,21H,4-5H2,1H3;3,5,7-8H,2,4,6H2,1H3/t20-,23+,24-;20-,23+,25-;10-,14+,17+;8-/m0011/s1. The molecule has 28 heteroatoms. The molecule has 6 aliphatic rings. The maximum atomic E-state index is 14.0. The molecular formula is C84H85F6N13O9. The van der Waals surface area contributed by atoms with Gasteiger partial charge in [-0.2, -0.15) is 0 Å². The number of ether oxygens (including phenoxy) is 2. The van der Waals surface area contributed by atoms with E-state index in [0.717, 1.165) is 71.0 Å². The highest BCUT2D eigenvalue weighted by Gasteiger charge is 2.39. The highest BCUT2D eigenvalue weighted by Crippen LogP contribution is 2.47. The van der Waals surface area contributed by atoms with Crippen LogP contribution in [0.15, 0.2) is 174 Å². The average molecular weight is 1530 g/mol. The number of nitrogens with zero attached hydrogens (tertiary/aromatic N) is 10. The third-order valence-corrected chi connectivity index (χ3v) is 22.5. The lowest BCUT2D eigenvalue weighted by molar-refractivity contribution is 0.0465. The number of nitrogens with two attached hydrogens (primary N) is 1. The summed E-state index contributed by atoms with van der Waals surface area (Å²) in [5.41, 5.74) is 15.6. The number of hydrogen-bond donors (Lipinski definition) is 5. The van der Waals surface area contributed by atoms with E-state index >= 15 is 0 Å². The van der Waals surface area contributed by atoms with E-state index in [1.54, 1.807) is 92.5 Å². The molecule has 8 aromatic heterocycles. The monoisotopic (exact) mass is 1530 g/mol. The van der Waals surface area contributed by atoms with Crippen LogP contribution in [-0.4, -0.2) is 113 Å². The number of pyridine rings is 6. The number of aliphatic hydroxyl groups is 2. The molecule has 2 amide bonds. The molecule has 2 fully saturated rings. The molecule has 112 heavy (non-hydrogen) atoms. The molecule has 10 heterocycles. The lowest BCUT2D eigenvalue weighted by Crippen LogP contribution is -2.41. The van der Waals surface area contributed by atoms with Crippen molar-refractivity contribution in [2.45, 2.75) is 169 Å². The number of carbonyl (C=O) groups is 3. The number of imidazole rings is 2. The van der Waals surface area contributed by atoms with Crippen molar-refractivity contribution in [1.82, 2.24) is 58.8 Å². The molecule has 0 bridgehead atoms. The third kappa shape index (κ3) is 17.0. The Morgan fingerprint density at radius 2 is 0.804 bits per heavy atom. The Morgan fingerprint density at radius 1 is 0.438 bits per heavy atom. The number of carbonyl (C=O) groups excluding carboxylic acids is 3. The number of likely N-dealkylation sites (tertiary alicyclic amines) is 2. The molecule has 4 aliphatic carbocycles. The first-order valence-electron chi connectivity index (χ1n) is 38.0. The van der Waals surface area contributed by atoms with E-state index in [1.807, 2.05) is 36.4 Å². The van der Waals surface area contributed by atoms with Crippen LogP contribution in [0, 0.1) is 34.9 Å². The summed E-state index contributed by atoms with van der Waals surface area (Å²) in [7, 11) is 0. The number of hydrogen-bond acceptors (Lipinski definition) is 16. The Balaban J connectivity index is 0.000000133. The smallest absolute Gasteiger partial charge is 0.410 e. The number of Topliss-reactive ketones (excluding diaryl/α,β-unsaturated/α-hetero) is 1. The van der Waals surface area contributed by atoms with Gasteiger partial charge in [-0.1, -0.05) is 32.0 Å². The second-order valence-electron chi connectivity index (χ2n) is 29.6. The molecule has 11 aromatic rings. The molecule has 22 nitrogen and oxygen atoms in total. The molecule has 0 unspecified atom stereocenters. The number of benzene rings is 3. The maximum Gasteiger partial charge on any atom is 0.410 e. The lowest BCUT2D eigenvalue weighted by Gasteiger charge is -2.33. The van der Waals surface area contributed by atoms with Crippen LogP contribution >= 0.6 is 0 Å². The molecule has 0 radical (unpaired) electrons. The molecule has 0 saturated carbocycles. The Bertz CT molecular complexity index is 5060. The predicted octanol–water partition coefficient (Wildman–Crippen LogP) is 15.6. The summed E-state index contributed by atoms with van der Waals surface area (Å²) in [4.78, 5) is 98.0. The van der Waals surface area contributed by atoms with Crippen molar-refractivity contribution >= 4 is 40.3 Å². The number of piperidine rings is 2. The van der Waals surface area contributed by atoms with Crippen molar-refractivity contribution in [2.75, 3.05) is 26.2 Å². The van der Waals surface area contributed by atoms with E-state index < -0.39 is 83.5 Å². The van der Waals surface area contributed by atoms with Crippen LogP contribution in [0.2, 0.25) is 0 Å². The fraction of sp³-hybridized carbons (Fsp3) is 0.369. The molecule has 17 rings (SSSR count). The van der Waals surface area contributed by atoms with Crippen molar-refractivity contribution in [3.8, 4) is 0 Å². The number of nitrogens with one attached hydrogen (secondary N) is 2. The van der Waals surface area contributed by atoms with E-state index in [4.69, 9.17) is 15.2 Å². The van der Waals surface area contributed by atoms with Gasteiger partial charge in [0.25, 0.3) is 0 Å². The normalized spacial score (nSPS) is 22.6. The molecule has 2 aliphatic heterocycles. The van der Waals surface area contributed by atoms with Gasteiger partial charge >= 0.3 is 23.6 Å². The number of aromatic nitrogens is 10. The summed E-state index contributed by atoms with van der Waals surface area (Å²) in [6, 6.07) is 31.0. The zero-order chi connectivity index (χ0) is 78.4. The predicted molar refractivity (Wildman–Crippen MR) is 403 cm³/mol. The van der Waals surface area contributed by atoms with Gasteiger partial charge in [0.1, 0.15) is 47.1 Å². The molecule has 0 spiro atoms. The van der Waals surface area contributed by atoms with Gasteiger partial charge in [-0.25, -0.2) is 55.5 Å². The highest BCUT2D eigenvalue weighted by atomic mass is 19.2. The summed E-state index contributed by atoms with van der Waals surface area (Å²) in [5.74, 6) is -4.35. The number of aliphatic hydroxyl groups excluding tert-OH is 2. The Kier molecular flexibility index (Phi) is 23.6. The summed E-state index contributed by atoms with van der Waals surface area (Å²) in [6.45, 7) is 5.86. The fourth-order valence-electron chi connectivity index (χ4n) is 16.9. The SMILES string of the molecule is C[C@@H]1CCCC(=O)c2cccnc21.C[C@@H]1CC[C@@H](c2cc(F)cc(F)c2)[C@H](O)c2cccnc21.N[C@@H]1c2cccnc2[C@H](OC(=O)N2CCC(n3c(=O)[nH]c4ncccc43)CC2)CC[C@H]1c1cc(F)cc(F)c1.O=C(O[C@@H]1CC[C@@H](c2cc(F)cc(F)c2)[C@H](O)c2cccnc21)N1CCC(n2c(=O)[nH]c3ncccc32)CC1. The van der Waals surface area contributed by atoms with Gasteiger partial charge in [0.15, 0.2) is 17.1 Å². The number of ketones is 1. The minimum atomic E-state index is -1.07. The van der Waals surface area contributed by atoms with Crippen molar-refractivity contribution in [3.63, 3.8) is 0 Å². The Labute approximate surface area is 640 Å². The van der Waals surface area contributed by atoms with Crippen molar-refractivity contribution in [1.29, 1.82) is 0 Å². The Morgan fingerprint density at radius 3 is 1.28 bits per heavy atom. The quantitative estimate of drug-likeness (QED) is 0.0732. The van der Waals surface area contributed by atoms with Crippen LogP contribution in [0.4, 0.5) is 35.9 Å². The lowest BCUT2D eigenvalue weighted by atomic mass is 9.86. The van der Waals surface area contributed by atoms with Gasteiger partial charge in [-0.15, -0.1) is 0 Å². The minimum Gasteiger partial charge on any atom is -0.440 e. The Hall–Kier alpha value is -11.2. The van der Waals surface area contributed by atoms with Crippen LogP contribution in [0.5, 0.6) is 0 Å². The summed E-state index contributed by atoms with van der Waals surface area (Å²) in [5, 5.41) is 21.9. The van der Waals surface area contributed by atoms with Crippen molar-refractivity contribution < 1.29 is 60.4 Å². The largest absolute Gasteiger partial charge is 0.440 e. The molecule has 582 valence electrons. The van der Waals surface area contributed by atoms with Crippen molar-refractivity contribution in [3.05, 3.63) is 282 Å². The number of H-pyrrole nitrogens is 2. The number of fused-ring (bicyclic) bond motifs is 6. The fourth-order valence-corrected chi connectivity index (χ4v) is 16.9. The van der Waals surface area contributed by atoms with Gasteiger partial charge in [-0.05, 0) is 202 Å². The summed E-state index contributed by atoms with van der Waals surface area (Å²) < 4.78 is 98.1. The number of rotatable bonds is 7. The van der Waals surface area contributed by atoms with Crippen molar-refractivity contribution in [2.24, 2.45) is 5.73 Å². The number of aromatic amines is 2. The van der Waals surface area contributed by atoms with E-state index in [2.05, 4.69) is 53.7 Å². The van der Waals surface area contributed by atoms with Gasteiger partial charge in [-0.3, -0.25) is 43.8 Å². The van der Waals surface area contributed by atoms with Gasteiger partial charge in [0.05, 0.1) is 40.3 Å². The first-order chi connectivity index (χ1) is 54.1. The van der Waals surface area contributed by atoms with E-state index in [9.17, 15) is 60.5 Å². The third-order valence-electron chi connectivity index (χ3n) is 22.5. The second-order valence-corrected chi connectivity index (χ2v) is 29.6. The zero-order valence-electron chi connectivity index (χ0n) is 61.6. The summed E-state index contributed by atoms with van der Waals surface area (Å²) in [6.07, 6.45) is 13.8. The molecule has 3 aromatic carbocycles. The van der Waals surface area contributed by atoms with E-state index in [-0.39, 0.29) is 47.0 Å². The topological polar surface area (TPSA) is 296 Å². The zero-order valence-corrected chi connectivity index (χ0v) is 61.6. The highest BCUT2D eigenvalue weighted by molar-refractivity contribution is 5.97. The van der Waals surface area contributed by atoms with Crippen LogP contribution in [0.3, 0.4) is 0 Å². The van der Waals surface area contributed by atoms with Gasteiger partial charge < -0.3 is 35.2 Å². The molecule has 2 saturated heterocycles. The van der Waals surface area contributed by atoms with Crippen LogP contribution < -0.4 is 17.1 Å². The van der Waals surface area contributed by atoms with Crippen LogP contribution in [0.1, 0.15) is 236 Å². The number of amides is 2. The molecule has 10 atom stereocenters. The van der Waals surface area contributed by atoms with Gasteiger partial charge in [0, 0.05) is 146 Å². The molecule has 6 N–H and O–H groups in total. The van der Waals surface area contributed by atoms with Crippen LogP contribution in [-0.2, 0) is 9.47 Å². The summed E-state index contributed by atoms with van der Waals surface area (Å²) >= 11 is 0. The van der Waals surface area contributed by atoms with E-state index in [0.29, 0.717) is 147 Å². The number of halogens is 6. The van der Waals surface area contributed by atoms with Gasteiger partial charge in [0.2, 0.25) is 0 Å². The first-order valence-corrected chi connectivity index (χ1v) is 38.0. The average Bonchev–Trinajstić information content (AvgIpc) is 1.66. The minimum absolute atomic E-state index is 0.0646. The van der Waals surface area contributed by atoms with Crippen LogP contribution in [0.25, 0.3) is 22.3 Å². The first kappa shape index (κ1) is 77.5.